The molecule has 12 nitrogen and oxygen atoms in total. The summed E-state index contributed by atoms with van der Waals surface area (Å²) in [5, 5.41) is 38.9. The summed E-state index contributed by atoms with van der Waals surface area (Å²) in [6.07, 6.45) is 3.63. The van der Waals surface area contributed by atoms with Gasteiger partial charge in [-0.25, -0.2) is 9.59 Å². The Morgan fingerprint density at radius 2 is 1.37 bits per heavy atom. The van der Waals surface area contributed by atoms with Crippen molar-refractivity contribution in [1.82, 2.24) is 8.80 Å². The molecule has 0 aliphatic heterocycles. The lowest BCUT2D eigenvalue weighted by atomic mass is 10.1. The fourth-order valence-corrected chi connectivity index (χ4v) is 5.07. The van der Waals surface area contributed by atoms with E-state index in [2.05, 4.69) is 12.1 Å². The third-order valence-corrected chi connectivity index (χ3v) is 7.16. The molecule has 12 heteroatoms. The number of aromatic nitrogens is 2. The number of aromatic carboxylic acids is 1. The van der Waals surface area contributed by atoms with Crippen LogP contribution in [0, 0.1) is 32.8 Å². The van der Waals surface area contributed by atoms with Gasteiger partial charge in [0.05, 0.1) is 50.6 Å². The number of pyridine rings is 2. The number of fused-ring (bicyclic) bond motifs is 2. The van der Waals surface area contributed by atoms with Crippen LogP contribution in [0.2, 0.25) is 0 Å². The highest BCUT2D eigenvalue weighted by Crippen LogP contribution is 2.31. The number of ether oxygens (including phenoxy) is 1. The maximum Gasteiger partial charge on any atom is 0.345 e. The second-order valence-corrected chi connectivity index (χ2v) is 9.84. The van der Waals surface area contributed by atoms with Crippen molar-refractivity contribution in [2.45, 2.75) is 6.92 Å². The van der Waals surface area contributed by atoms with E-state index in [4.69, 9.17) is 15.6 Å². The van der Waals surface area contributed by atoms with Crippen molar-refractivity contribution in [3.8, 4) is 34.7 Å². The minimum absolute atomic E-state index is 0.0696. The number of nitrogen functional groups attached to an aromatic ring is 1. The van der Waals surface area contributed by atoms with Gasteiger partial charge in [0, 0.05) is 35.3 Å². The molecule has 6 rings (SSSR count). The summed E-state index contributed by atoms with van der Waals surface area (Å²) in [6, 6.07) is 27.8. The molecule has 0 aliphatic carbocycles. The Morgan fingerprint density at radius 1 is 0.848 bits per heavy atom. The maximum atomic E-state index is 11.9. The van der Waals surface area contributed by atoms with E-state index in [1.807, 2.05) is 34.9 Å². The second kappa shape index (κ2) is 12.8. The number of anilines is 1. The van der Waals surface area contributed by atoms with E-state index >= 15 is 0 Å². The zero-order chi connectivity index (χ0) is 33.0. The first-order chi connectivity index (χ1) is 22.2. The van der Waals surface area contributed by atoms with Crippen LogP contribution < -0.4 is 5.73 Å². The van der Waals surface area contributed by atoms with Gasteiger partial charge in [-0.3, -0.25) is 10.1 Å². The van der Waals surface area contributed by atoms with E-state index in [1.54, 1.807) is 60.0 Å². The van der Waals surface area contributed by atoms with Crippen molar-refractivity contribution in [1.29, 1.82) is 10.5 Å². The molecule has 2 aromatic carbocycles. The van der Waals surface area contributed by atoms with Crippen LogP contribution in [0.4, 0.5) is 11.4 Å². The normalized spacial score (nSPS) is 10.4. The highest BCUT2D eigenvalue weighted by Gasteiger charge is 2.23. The van der Waals surface area contributed by atoms with E-state index in [0.29, 0.717) is 27.9 Å². The van der Waals surface area contributed by atoms with Crippen molar-refractivity contribution in [2.75, 3.05) is 12.3 Å². The number of nitrogens with two attached hydrogens (primary N) is 1. The average Bonchev–Trinajstić information content (AvgIpc) is 3.63. The van der Waals surface area contributed by atoms with Crippen LogP contribution in [0.3, 0.4) is 0 Å². The molecule has 4 aromatic heterocycles. The molecule has 0 aliphatic rings. The molecule has 0 amide bonds. The molecule has 4 heterocycles. The molecule has 0 fully saturated rings. The number of carboxylic acids is 1. The molecule has 226 valence electrons. The van der Waals surface area contributed by atoms with Gasteiger partial charge in [-0.2, -0.15) is 10.5 Å². The van der Waals surface area contributed by atoms with Crippen LogP contribution in [0.15, 0.2) is 97.3 Å². The summed E-state index contributed by atoms with van der Waals surface area (Å²) < 4.78 is 8.53. The van der Waals surface area contributed by atoms with Crippen LogP contribution in [0.5, 0.6) is 0 Å². The Hall–Kier alpha value is -6.92. The summed E-state index contributed by atoms with van der Waals surface area (Å²) in [4.78, 5) is 33.7. The van der Waals surface area contributed by atoms with Gasteiger partial charge in [0.15, 0.2) is 0 Å². The second-order valence-electron chi connectivity index (χ2n) is 9.84. The number of carbonyl (C=O) groups excluding carboxylic acids is 1. The van der Waals surface area contributed by atoms with Crippen LogP contribution in [-0.2, 0) is 4.74 Å². The van der Waals surface area contributed by atoms with Crippen LogP contribution in [-0.4, -0.2) is 37.4 Å². The lowest BCUT2D eigenvalue weighted by Gasteiger charge is -2.06. The molecule has 0 saturated heterocycles. The third kappa shape index (κ3) is 5.69. The molecule has 0 radical (unpaired) electrons. The van der Waals surface area contributed by atoms with Gasteiger partial charge in [-0.05, 0) is 61.5 Å². The Labute approximate surface area is 261 Å². The number of esters is 1. The molecular weight excluding hydrogens is 588 g/mol. The molecule has 0 bridgehead atoms. The first kappa shape index (κ1) is 30.5. The van der Waals surface area contributed by atoms with Gasteiger partial charge >= 0.3 is 11.9 Å². The van der Waals surface area contributed by atoms with Crippen LogP contribution >= 0.6 is 0 Å². The first-order valence-corrected chi connectivity index (χ1v) is 13.8. The molecule has 6 aromatic rings. The molecule has 0 atom stereocenters. The summed E-state index contributed by atoms with van der Waals surface area (Å²) in [5.74, 6) is -1.80. The minimum atomic E-state index is -1.06. The fraction of sp³-hybridized carbons (Fsp3) is 0.0588. The monoisotopic (exact) mass is 612 g/mol. The lowest BCUT2D eigenvalue weighted by molar-refractivity contribution is -0.385. The Balaban J connectivity index is 0.000000184. The van der Waals surface area contributed by atoms with Gasteiger partial charge < -0.3 is 24.4 Å². The number of nitro groups is 1. The van der Waals surface area contributed by atoms with E-state index < -0.39 is 16.9 Å². The van der Waals surface area contributed by atoms with Crippen molar-refractivity contribution >= 4 is 34.3 Å². The molecule has 0 unspecified atom stereocenters. The van der Waals surface area contributed by atoms with Gasteiger partial charge in [0.1, 0.15) is 17.7 Å². The number of carbonyl (C=O) groups is 2. The number of nitriles is 2. The Morgan fingerprint density at radius 3 is 1.83 bits per heavy atom. The molecule has 46 heavy (non-hydrogen) atoms. The number of nitrogens with zero attached hydrogens (tertiary/aromatic N) is 5. The van der Waals surface area contributed by atoms with Gasteiger partial charge in [-0.1, -0.05) is 24.3 Å². The predicted molar refractivity (Wildman–Crippen MR) is 169 cm³/mol. The topological polar surface area (TPSA) is 189 Å². The van der Waals surface area contributed by atoms with Gasteiger partial charge in [-0.15, -0.1) is 0 Å². The maximum absolute atomic E-state index is 11.9. The summed E-state index contributed by atoms with van der Waals surface area (Å²) in [5.41, 5.74) is 10.9. The number of hydrogen-bond donors (Lipinski definition) is 2. The largest absolute Gasteiger partial charge is 0.478 e. The van der Waals surface area contributed by atoms with E-state index in [0.717, 1.165) is 16.8 Å². The summed E-state index contributed by atoms with van der Waals surface area (Å²) in [6.45, 7) is 1.76. The molecule has 0 spiro atoms. The van der Waals surface area contributed by atoms with Crippen molar-refractivity contribution in [3.63, 3.8) is 0 Å². The number of carboxylic acid groups (broad SMARTS) is 1. The third-order valence-electron chi connectivity index (χ3n) is 7.16. The van der Waals surface area contributed by atoms with Crippen molar-refractivity contribution in [2.24, 2.45) is 0 Å². The van der Waals surface area contributed by atoms with E-state index in [1.165, 1.54) is 18.2 Å². The Bertz CT molecular complexity index is 2250. The van der Waals surface area contributed by atoms with Crippen LogP contribution in [0.1, 0.15) is 38.8 Å². The van der Waals surface area contributed by atoms with Crippen molar-refractivity contribution < 1.29 is 24.4 Å². The predicted octanol–water partition coefficient (Wildman–Crippen LogP) is 6.32. The highest BCUT2D eigenvalue weighted by atomic mass is 16.6. The standard InChI is InChI=1S/C18H13N3O4.C16H11N3O2/c1-2-25-18(22)14-7-6-12(9-17(14)21(23)24)16-10-13(11-19)15-5-3-4-8-20(15)16;17-9-11-8-15(19-6-2-1-3-14(11)19)10-4-5-12(16(20)21)13(18)7-10/h3-10H,2H2,1H3;1-8H,18H2,(H,20,21). The molecular formula is C34H24N6O6. The fourth-order valence-electron chi connectivity index (χ4n) is 5.07. The molecule has 3 N–H and O–H groups in total. The number of hydrogen-bond acceptors (Lipinski definition) is 8. The quantitative estimate of drug-likeness (QED) is 0.0938. The van der Waals surface area contributed by atoms with E-state index in [9.17, 15) is 30.2 Å². The number of benzene rings is 2. The summed E-state index contributed by atoms with van der Waals surface area (Å²) in [7, 11) is 0. The van der Waals surface area contributed by atoms with Gasteiger partial charge in [0.2, 0.25) is 0 Å². The average molecular weight is 613 g/mol. The zero-order valence-electron chi connectivity index (χ0n) is 24.2. The molecule has 0 saturated carbocycles. The first-order valence-electron chi connectivity index (χ1n) is 13.8. The number of rotatable bonds is 6. The smallest absolute Gasteiger partial charge is 0.345 e. The van der Waals surface area contributed by atoms with Crippen molar-refractivity contribution in [3.05, 3.63) is 130 Å². The number of nitro benzene ring substituents is 1. The van der Waals surface area contributed by atoms with E-state index in [-0.39, 0.29) is 29.1 Å². The van der Waals surface area contributed by atoms with Crippen LogP contribution in [0.25, 0.3) is 33.5 Å². The SMILES string of the molecule is CCOC(=O)c1ccc(-c2cc(C#N)c3ccccn23)cc1[N+](=O)[O-].N#Cc1cc(-c2ccc(C(=O)O)c(N)c2)n2ccccc12. The Kier molecular flexibility index (Phi) is 8.46. The van der Waals surface area contributed by atoms with Gasteiger partial charge in [0.25, 0.3) is 5.69 Å². The zero-order valence-corrected chi connectivity index (χ0v) is 24.2. The minimum Gasteiger partial charge on any atom is -0.478 e. The lowest BCUT2D eigenvalue weighted by Crippen LogP contribution is -2.08. The highest BCUT2D eigenvalue weighted by molar-refractivity contribution is 5.95. The summed E-state index contributed by atoms with van der Waals surface area (Å²) >= 11 is 0.